The molecular weight excluding hydrogens is 252 g/mol. The van der Waals surface area contributed by atoms with Gasteiger partial charge in [0.25, 0.3) is 0 Å². The molecule has 2 N–H and O–H groups in total. The lowest BCUT2D eigenvalue weighted by Crippen LogP contribution is -2.08. The highest BCUT2D eigenvalue weighted by atomic mass is 32.1. The van der Waals surface area contributed by atoms with E-state index in [2.05, 4.69) is 20.3 Å². The molecule has 18 heavy (non-hydrogen) atoms. The number of carbonyl (C=O) groups is 1. The van der Waals surface area contributed by atoms with Crippen LogP contribution < -0.4 is 5.32 Å². The molecule has 0 atom stereocenters. The van der Waals surface area contributed by atoms with Gasteiger partial charge in [-0.2, -0.15) is 0 Å². The average molecular weight is 264 g/mol. The molecule has 0 fully saturated rings. The van der Waals surface area contributed by atoms with Crippen LogP contribution in [0.15, 0.2) is 17.8 Å². The lowest BCUT2D eigenvalue weighted by Gasteiger charge is -2.02. The Bertz CT molecular complexity index is 538. The zero-order chi connectivity index (χ0) is 13.0. The second kappa shape index (κ2) is 5.54. The number of aromatic nitrogens is 3. The lowest BCUT2D eigenvalue weighted by atomic mass is 10.4. The number of carboxylic acids is 1. The Morgan fingerprint density at radius 1 is 1.44 bits per heavy atom. The summed E-state index contributed by atoms with van der Waals surface area (Å²) in [4.78, 5) is 22.9. The Morgan fingerprint density at radius 2 is 2.17 bits per heavy atom. The molecule has 0 aliphatic rings. The van der Waals surface area contributed by atoms with Gasteiger partial charge in [0.15, 0.2) is 5.69 Å². The summed E-state index contributed by atoms with van der Waals surface area (Å²) in [5.41, 5.74) is 1.10. The van der Waals surface area contributed by atoms with Crippen LogP contribution in [0.4, 0.5) is 5.95 Å². The van der Waals surface area contributed by atoms with E-state index in [1.54, 1.807) is 17.8 Å². The molecule has 7 heteroatoms. The van der Waals surface area contributed by atoms with Gasteiger partial charge in [-0.15, -0.1) is 11.3 Å². The van der Waals surface area contributed by atoms with Crippen molar-refractivity contribution in [3.8, 4) is 0 Å². The summed E-state index contributed by atoms with van der Waals surface area (Å²) in [6.45, 7) is 2.54. The smallest absolute Gasteiger partial charge is 0.355 e. The summed E-state index contributed by atoms with van der Waals surface area (Å²) in [7, 11) is 0. The van der Waals surface area contributed by atoms with Gasteiger partial charge < -0.3 is 10.4 Å². The molecule has 6 nitrogen and oxygen atoms in total. The second-order valence-electron chi connectivity index (χ2n) is 3.69. The first kappa shape index (κ1) is 12.4. The molecule has 2 aromatic heterocycles. The predicted octanol–water partition coefficient (Wildman–Crippen LogP) is 1.59. The zero-order valence-electron chi connectivity index (χ0n) is 9.75. The molecule has 2 heterocycles. The molecule has 2 rings (SSSR count). The van der Waals surface area contributed by atoms with Crippen molar-refractivity contribution in [3.63, 3.8) is 0 Å². The van der Waals surface area contributed by atoms with Gasteiger partial charge >= 0.3 is 5.97 Å². The highest BCUT2D eigenvalue weighted by Crippen LogP contribution is 2.10. The van der Waals surface area contributed by atoms with Gasteiger partial charge in [0.1, 0.15) is 0 Å². The van der Waals surface area contributed by atoms with Crippen LogP contribution in [-0.4, -0.2) is 32.6 Å². The first-order valence-electron chi connectivity index (χ1n) is 5.35. The third kappa shape index (κ3) is 3.24. The Labute approximate surface area is 108 Å². The van der Waals surface area contributed by atoms with Crippen molar-refractivity contribution in [1.29, 1.82) is 0 Å². The summed E-state index contributed by atoms with van der Waals surface area (Å²) < 4.78 is 0. The maximum absolute atomic E-state index is 10.6. The topological polar surface area (TPSA) is 88.0 Å². The van der Waals surface area contributed by atoms with Gasteiger partial charge in [0, 0.05) is 30.7 Å². The van der Waals surface area contributed by atoms with Crippen LogP contribution in [0.5, 0.6) is 0 Å². The monoisotopic (exact) mass is 264 g/mol. The maximum atomic E-state index is 10.6. The molecule has 0 unspecified atom stereocenters. The number of rotatable bonds is 5. The highest BCUT2D eigenvalue weighted by Gasteiger charge is 2.08. The standard InChI is InChI=1S/C11H12N4O2S/c1-7-4-13-11(14-5-7)12-3-2-9-15-8(6-18-9)10(16)17/h4-6H,2-3H2,1H3,(H,16,17)(H,12,13,14). The molecule has 0 aliphatic carbocycles. The van der Waals surface area contributed by atoms with Crippen LogP contribution in [0.25, 0.3) is 0 Å². The van der Waals surface area contributed by atoms with E-state index in [-0.39, 0.29) is 5.69 Å². The third-order valence-electron chi connectivity index (χ3n) is 2.17. The van der Waals surface area contributed by atoms with Crippen molar-refractivity contribution in [2.45, 2.75) is 13.3 Å². The fraction of sp³-hybridized carbons (Fsp3) is 0.273. The normalized spacial score (nSPS) is 10.3. The molecule has 0 amide bonds. The van der Waals surface area contributed by atoms with Crippen LogP contribution in [0, 0.1) is 6.92 Å². The molecule has 0 radical (unpaired) electrons. The second-order valence-corrected chi connectivity index (χ2v) is 4.64. The first-order chi connectivity index (χ1) is 8.65. The van der Waals surface area contributed by atoms with Crippen LogP contribution >= 0.6 is 11.3 Å². The summed E-state index contributed by atoms with van der Waals surface area (Å²) in [6.07, 6.45) is 4.12. The number of nitrogens with one attached hydrogen (secondary N) is 1. The maximum Gasteiger partial charge on any atom is 0.355 e. The van der Waals surface area contributed by atoms with Crippen LogP contribution in [0.1, 0.15) is 21.1 Å². The Morgan fingerprint density at radius 3 is 2.78 bits per heavy atom. The van der Waals surface area contributed by atoms with Gasteiger partial charge in [0.05, 0.1) is 5.01 Å². The van der Waals surface area contributed by atoms with Crippen LogP contribution in [0.3, 0.4) is 0 Å². The molecular formula is C11H12N4O2S. The van der Waals surface area contributed by atoms with E-state index in [4.69, 9.17) is 5.11 Å². The van der Waals surface area contributed by atoms with Gasteiger partial charge in [-0.25, -0.2) is 19.7 Å². The van der Waals surface area contributed by atoms with Crippen molar-refractivity contribution in [3.05, 3.63) is 34.0 Å². The summed E-state index contributed by atoms with van der Waals surface area (Å²) in [6, 6.07) is 0. The summed E-state index contributed by atoms with van der Waals surface area (Å²) in [5.74, 6) is -0.428. The number of carboxylic acid groups (broad SMARTS) is 1. The predicted molar refractivity (Wildman–Crippen MR) is 68.0 cm³/mol. The molecule has 94 valence electrons. The molecule has 0 aromatic carbocycles. The number of nitrogens with zero attached hydrogens (tertiary/aromatic N) is 3. The first-order valence-corrected chi connectivity index (χ1v) is 6.23. The number of anilines is 1. The van der Waals surface area contributed by atoms with Gasteiger partial charge in [-0.05, 0) is 12.5 Å². The number of hydrogen-bond acceptors (Lipinski definition) is 6. The van der Waals surface area contributed by atoms with Crippen molar-refractivity contribution in [2.75, 3.05) is 11.9 Å². The minimum Gasteiger partial charge on any atom is -0.476 e. The van der Waals surface area contributed by atoms with Gasteiger partial charge in [-0.1, -0.05) is 0 Å². The van der Waals surface area contributed by atoms with Crippen LogP contribution in [0.2, 0.25) is 0 Å². The molecule has 0 bridgehead atoms. The third-order valence-corrected chi connectivity index (χ3v) is 3.08. The van der Waals surface area contributed by atoms with Gasteiger partial charge in [-0.3, -0.25) is 0 Å². The SMILES string of the molecule is Cc1cnc(NCCc2nc(C(=O)O)cs2)nc1. The van der Waals surface area contributed by atoms with E-state index in [9.17, 15) is 4.79 Å². The molecule has 0 saturated carbocycles. The molecule has 0 saturated heterocycles. The van der Waals surface area contributed by atoms with E-state index >= 15 is 0 Å². The van der Waals surface area contributed by atoms with Crippen molar-refractivity contribution < 1.29 is 9.90 Å². The summed E-state index contributed by atoms with van der Waals surface area (Å²) >= 11 is 1.34. The fourth-order valence-corrected chi connectivity index (χ4v) is 2.06. The Balaban J connectivity index is 1.84. The minimum atomic E-state index is -0.993. The number of hydrogen-bond donors (Lipinski definition) is 2. The quantitative estimate of drug-likeness (QED) is 0.852. The van der Waals surface area contributed by atoms with Crippen LogP contribution in [-0.2, 0) is 6.42 Å². The fourth-order valence-electron chi connectivity index (χ4n) is 1.29. The largest absolute Gasteiger partial charge is 0.476 e. The van der Waals surface area contributed by atoms with E-state index < -0.39 is 5.97 Å². The molecule has 0 spiro atoms. The van der Waals surface area contributed by atoms with Crippen molar-refractivity contribution in [2.24, 2.45) is 0 Å². The number of thiazole rings is 1. The van der Waals surface area contributed by atoms with Crippen molar-refractivity contribution in [1.82, 2.24) is 15.0 Å². The highest BCUT2D eigenvalue weighted by molar-refractivity contribution is 7.09. The zero-order valence-corrected chi connectivity index (χ0v) is 10.6. The number of aryl methyl sites for hydroxylation is 1. The van der Waals surface area contributed by atoms with Gasteiger partial charge in [0.2, 0.25) is 5.95 Å². The van der Waals surface area contributed by atoms with E-state index in [1.165, 1.54) is 11.3 Å². The number of aromatic carboxylic acids is 1. The van der Waals surface area contributed by atoms with E-state index in [1.807, 2.05) is 6.92 Å². The lowest BCUT2D eigenvalue weighted by molar-refractivity contribution is 0.0691. The summed E-state index contributed by atoms with van der Waals surface area (Å²) in [5, 5.41) is 14.1. The molecule has 0 aliphatic heterocycles. The van der Waals surface area contributed by atoms with E-state index in [0.29, 0.717) is 18.9 Å². The minimum absolute atomic E-state index is 0.0987. The Hall–Kier alpha value is -2.02. The van der Waals surface area contributed by atoms with E-state index in [0.717, 1.165) is 10.6 Å². The molecule has 2 aromatic rings. The van der Waals surface area contributed by atoms with Crippen molar-refractivity contribution >= 4 is 23.3 Å². The Kier molecular flexibility index (Phi) is 3.83. The average Bonchev–Trinajstić information content (AvgIpc) is 2.81.